The maximum atomic E-state index is 13.7. The first-order chi connectivity index (χ1) is 11.2. The zero-order chi connectivity index (χ0) is 16.5. The minimum absolute atomic E-state index is 0.105. The Morgan fingerprint density at radius 1 is 1.43 bits per heavy atom. The smallest absolute Gasteiger partial charge is 0.191 e. The fourth-order valence-electron chi connectivity index (χ4n) is 2.44. The molecule has 0 amide bonds. The van der Waals surface area contributed by atoms with Crippen LogP contribution in [0.5, 0.6) is 5.75 Å². The second kappa shape index (κ2) is 9.65. The van der Waals surface area contributed by atoms with Gasteiger partial charge in [0.1, 0.15) is 6.10 Å². The summed E-state index contributed by atoms with van der Waals surface area (Å²) >= 11 is 2.02. The van der Waals surface area contributed by atoms with Crippen LogP contribution in [0.2, 0.25) is 0 Å². The Bertz CT molecular complexity index is 506. The summed E-state index contributed by atoms with van der Waals surface area (Å²) in [5, 5.41) is 7.29. The number of para-hydroxylation sites is 1. The van der Waals surface area contributed by atoms with Gasteiger partial charge in [0.25, 0.3) is 0 Å². The molecule has 6 heteroatoms. The first kappa shape index (κ1) is 17.9. The third-order valence-corrected chi connectivity index (χ3v) is 5.23. The number of ether oxygens (including phenoxy) is 1. The molecule has 2 rings (SSSR count). The van der Waals surface area contributed by atoms with Crippen molar-refractivity contribution in [3.05, 3.63) is 30.1 Å². The van der Waals surface area contributed by atoms with Gasteiger partial charge >= 0.3 is 0 Å². The molecule has 1 aromatic carbocycles. The average Bonchev–Trinajstić information content (AvgIpc) is 3.09. The zero-order valence-electron chi connectivity index (χ0n) is 13.8. The number of thioether (sulfide) groups is 1. The predicted molar refractivity (Wildman–Crippen MR) is 96.0 cm³/mol. The van der Waals surface area contributed by atoms with E-state index in [0.29, 0.717) is 17.5 Å². The van der Waals surface area contributed by atoms with Crippen molar-refractivity contribution in [2.75, 3.05) is 25.9 Å². The van der Waals surface area contributed by atoms with Gasteiger partial charge in [0.05, 0.1) is 6.54 Å². The number of guanidine groups is 1. The number of halogens is 1. The number of rotatable bonds is 7. The monoisotopic (exact) mass is 339 g/mol. The van der Waals surface area contributed by atoms with E-state index in [9.17, 15) is 4.39 Å². The molecule has 1 saturated heterocycles. The molecule has 0 aromatic heterocycles. The van der Waals surface area contributed by atoms with E-state index in [2.05, 4.69) is 15.6 Å². The van der Waals surface area contributed by atoms with Gasteiger partial charge in [-0.25, -0.2) is 4.39 Å². The van der Waals surface area contributed by atoms with Crippen LogP contribution in [0, 0.1) is 5.82 Å². The van der Waals surface area contributed by atoms with Gasteiger partial charge in [-0.15, -0.1) is 0 Å². The Morgan fingerprint density at radius 3 is 2.91 bits per heavy atom. The predicted octanol–water partition coefficient (Wildman–Crippen LogP) is 3.04. The lowest BCUT2D eigenvalue weighted by molar-refractivity contribution is 0.191. The Labute approximate surface area is 142 Å². The average molecular weight is 339 g/mol. The topological polar surface area (TPSA) is 45.7 Å². The second-order valence-corrected chi connectivity index (χ2v) is 6.96. The molecule has 4 nitrogen and oxygen atoms in total. The molecule has 1 aliphatic rings. The Balaban J connectivity index is 1.77. The number of aliphatic imine (C=N–C) groups is 1. The van der Waals surface area contributed by atoms with E-state index in [1.165, 1.54) is 24.7 Å². The van der Waals surface area contributed by atoms with Crippen LogP contribution in [-0.4, -0.2) is 43.2 Å². The summed E-state index contributed by atoms with van der Waals surface area (Å²) < 4.78 is 19.4. The van der Waals surface area contributed by atoms with Crippen molar-refractivity contribution in [2.24, 2.45) is 4.99 Å². The number of hydrogen-bond acceptors (Lipinski definition) is 3. The van der Waals surface area contributed by atoms with Gasteiger partial charge in [0.2, 0.25) is 0 Å². The van der Waals surface area contributed by atoms with Crippen LogP contribution >= 0.6 is 11.8 Å². The van der Waals surface area contributed by atoms with Crippen molar-refractivity contribution in [3.63, 3.8) is 0 Å². The lowest BCUT2D eigenvalue weighted by atomic mass is 10.2. The second-order valence-electron chi connectivity index (χ2n) is 5.55. The van der Waals surface area contributed by atoms with E-state index >= 15 is 0 Å². The highest BCUT2D eigenvalue weighted by molar-refractivity contribution is 8.00. The quantitative estimate of drug-likeness (QED) is 0.592. The van der Waals surface area contributed by atoms with Crippen molar-refractivity contribution in [2.45, 2.75) is 37.5 Å². The minimum atomic E-state index is -0.327. The number of nitrogens with zero attached hydrogens (tertiary/aromatic N) is 1. The van der Waals surface area contributed by atoms with Gasteiger partial charge in [-0.1, -0.05) is 19.1 Å². The van der Waals surface area contributed by atoms with Gasteiger partial charge in [-0.3, -0.25) is 4.99 Å². The third kappa shape index (κ3) is 5.94. The van der Waals surface area contributed by atoms with Crippen molar-refractivity contribution in [1.82, 2.24) is 10.6 Å². The van der Waals surface area contributed by atoms with Crippen LogP contribution in [0.3, 0.4) is 0 Å². The maximum Gasteiger partial charge on any atom is 0.191 e. The summed E-state index contributed by atoms with van der Waals surface area (Å²) in [5.41, 5.74) is 0. The number of benzene rings is 1. The van der Waals surface area contributed by atoms with Crippen LogP contribution in [0.1, 0.15) is 26.2 Å². The summed E-state index contributed by atoms with van der Waals surface area (Å²) in [6.45, 7) is 3.54. The van der Waals surface area contributed by atoms with E-state index in [1.807, 2.05) is 18.7 Å². The molecule has 0 aliphatic carbocycles. The summed E-state index contributed by atoms with van der Waals surface area (Å²) in [7, 11) is 1.76. The molecule has 1 aliphatic heterocycles. The van der Waals surface area contributed by atoms with Crippen LogP contribution in [0.25, 0.3) is 0 Å². The lowest BCUT2D eigenvalue weighted by Gasteiger charge is -2.20. The molecule has 1 heterocycles. The van der Waals surface area contributed by atoms with E-state index < -0.39 is 0 Å². The first-order valence-corrected chi connectivity index (χ1v) is 9.25. The van der Waals surface area contributed by atoms with Crippen LogP contribution in [-0.2, 0) is 0 Å². The Hall–Kier alpha value is -1.43. The molecule has 0 spiro atoms. The lowest BCUT2D eigenvalue weighted by Crippen LogP contribution is -2.44. The molecular weight excluding hydrogens is 313 g/mol. The summed E-state index contributed by atoms with van der Waals surface area (Å²) in [4.78, 5) is 4.24. The van der Waals surface area contributed by atoms with Gasteiger partial charge < -0.3 is 15.4 Å². The fourth-order valence-corrected chi connectivity index (χ4v) is 3.64. The standard InChI is InChI=1S/C17H26FN3OS/c1-3-13(22-16-9-5-4-8-15(16)18)11-20-17(19-2)21-12-14-7-6-10-23-14/h4-5,8-9,13-14H,3,6-7,10-12H2,1-2H3,(H2,19,20,21). The molecule has 0 radical (unpaired) electrons. The van der Waals surface area contributed by atoms with E-state index in [1.54, 1.807) is 25.2 Å². The fraction of sp³-hybridized carbons (Fsp3) is 0.588. The zero-order valence-corrected chi connectivity index (χ0v) is 14.7. The van der Waals surface area contributed by atoms with Crippen LogP contribution in [0.4, 0.5) is 4.39 Å². The van der Waals surface area contributed by atoms with Gasteiger partial charge in [0.15, 0.2) is 17.5 Å². The molecule has 2 N–H and O–H groups in total. The summed E-state index contributed by atoms with van der Waals surface area (Å²) in [5.74, 6) is 2.00. The molecule has 23 heavy (non-hydrogen) atoms. The highest BCUT2D eigenvalue weighted by atomic mass is 32.2. The van der Waals surface area contributed by atoms with Crippen molar-refractivity contribution < 1.29 is 9.13 Å². The largest absolute Gasteiger partial charge is 0.486 e. The van der Waals surface area contributed by atoms with E-state index in [-0.39, 0.29) is 11.9 Å². The Morgan fingerprint density at radius 2 is 2.26 bits per heavy atom. The highest BCUT2D eigenvalue weighted by Gasteiger charge is 2.16. The molecule has 128 valence electrons. The first-order valence-electron chi connectivity index (χ1n) is 8.20. The SMILES string of the molecule is CCC(CNC(=NC)NCC1CCCS1)Oc1ccccc1F. The van der Waals surface area contributed by atoms with Crippen LogP contribution < -0.4 is 15.4 Å². The molecule has 1 fully saturated rings. The summed E-state index contributed by atoms with van der Waals surface area (Å²) in [6, 6.07) is 6.50. The molecule has 0 saturated carbocycles. The third-order valence-electron chi connectivity index (χ3n) is 3.83. The van der Waals surface area contributed by atoms with Gasteiger partial charge in [0, 0.05) is 18.8 Å². The van der Waals surface area contributed by atoms with E-state index in [4.69, 9.17) is 4.74 Å². The Kier molecular flexibility index (Phi) is 7.52. The van der Waals surface area contributed by atoms with E-state index in [0.717, 1.165) is 18.9 Å². The summed E-state index contributed by atoms with van der Waals surface area (Å²) in [6.07, 6.45) is 3.25. The van der Waals surface area contributed by atoms with Crippen molar-refractivity contribution >= 4 is 17.7 Å². The molecule has 1 aromatic rings. The van der Waals surface area contributed by atoms with Crippen molar-refractivity contribution in [3.8, 4) is 5.75 Å². The normalized spacial score (nSPS) is 19.4. The van der Waals surface area contributed by atoms with Crippen molar-refractivity contribution in [1.29, 1.82) is 0 Å². The highest BCUT2D eigenvalue weighted by Crippen LogP contribution is 2.25. The maximum absolute atomic E-state index is 13.7. The molecule has 2 unspecified atom stereocenters. The number of hydrogen-bond donors (Lipinski definition) is 2. The van der Waals surface area contributed by atoms with Gasteiger partial charge in [-0.2, -0.15) is 11.8 Å². The molecule has 2 atom stereocenters. The number of nitrogens with one attached hydrogen (secondary N) is 2. The molecule has 0 bridgehead atoms. The van der Waals surface area contributed by atoms with Crippen LogP contribution in [0.15, 0.2) is 29.3 Å². The molecular formula is C17H26FN3OS. The minimum Gasteiger partial charge on any atom is -0.486 e. The van der Waals surface area contributed by atoms with Gasteiger partial charge in [-0.05, 0) is 37.1 Å².